The fourth-order valence-electron chi connectivity index (χ4n) is 3.17. The lowest BCUT2D eigenvalue weighted by molar-refractivity contribution is -0.00714. The predicted octanol–water partition coefficient (Wildman–Crippen LogP) is 3.76. The third-order valence-corrected chi connectivity index (χ3v) is 4.57. The maximum atomic E-state index is 9.92. The molecule has 23 heavy (non-hydrogen) atoms. The van der Waals surface area contributed by atoms with Crippen LogP contribution in [0.5, 0.6) is 0 Å². The SMILES string of the molecule is N#CC1(N(Cc2ccccc2)Cc2ccccc2)CCOCC1. The predicted molar refractivity (Wildman–Crippen MR) is 90.5 cm³/mol. The number of rotatable bonds is 5. The number of benzene rings is 2. The van der Waals surface area contributed by atoms with Crippen molar-refractivity contribution in [3.05, 3.63) is 71.8 Å². The van der Waals surface area contributed by atoms with E-state index < -0.39 is 5.54 Å². The molecule has 0 spiro atoms. The van der Waals surface area contributed by atoms with Gasteiger partial charge < -0.3 is 4.74 Å². The summed E-state index contributed by atoms with van der Waals surface area (Å²) < 4.78 is 5.50. The summed E-state index contributed by atoms with van der Waals surface area (Å²) in [5, 5.41) is 9.92. The number of nitriles is 1. The Hall–Kier alpha value is -2.15. The van der Waals surface area contributed by atoms with Crippen LogP contribution >= 0.6 is 0 Å². The molecule has 0 saturated carbocycles. The molecule has 3 nitrogen and oxygen atoms in total. The molecule has 3 heteroatoms. The smallest absolute Gasteiger partial charge is 0.114 e. The third-order valence-electron chi connectivity index (χ3n) is 4.57. The highest BCUT2D eigenvalue weighted by molar-refractivity contribution is 5.20. The van der Waals surface area contributed by atoms with Gasteiger partial charge in [-0.05, 0) is 11.1 Å². The second kappa shape index (κ2) is 7.41. The van der Waals surface area contributed by atoms with E-state index in [1.165, 1.54) is 11.1 Å². The lowest BCUT2D eigenvalue weighted by atomic mass is 9.88. The Balaban J connectivity index is 1.87. The summed E-state index contributed by atoms with van der Waals surface area (Å²) in [6.07, 6.45) is 1.53. The molecule has 0 aliphatic carbocycles. The summed E-state index contributed by atoms with van der Waals surface area (Å²) in [4.78, 5) is 2.32. The number of hydrogen-bond acceptors (Lipinski definition) is 3. The Labute approximate surface area is 138 Å². The molecular formula is C20H22N2O. The molecule has 118 valence electrons. The maximum absolute atomic E-state index is 9.92. The zero-order valence-corrected chi connectivity index (χ0v) is 13.3. The van der Waals surface area contributed by atoms with Crippen molar-refractivity contribution in [2.75, 3.05) is 13.2 Å². The van der Waals surface area contributed by atoms with Gasteiger partial charge in [-0.3, -0.25) is 4.90 Å². The van der Waals surface area contributed by atoms with Crippen molar-refractivity contribution in [3.63, 3.8) is 0 Å². The summed E-state index contributed by atoms with van der Waals surface area (Å²) in [5.74, 6) is 0. The minimum atomic E-state index is -0.441. The van der Waals surface area contributed by atoms with Crippen LogP contribution in [0.25, 0.3) is 0 Å². The molecule has 1 fully saturated rings. The molecule has 1 heterocycles. The average molecular weight is 306 g/mol. The number of nitrogens with zero attached hydrogens (tertiary/aromatic N) is 2. The normalized spacial score (nSPS) is 16.9. The van der Waals surface area contributed by atoms with Gasteiger partial charge in [-0.25, -0.2) is 0 Å². The molecule has 0 radical (unpaired) electrons. The van der Waals surface area contributed by atoms with Gasteiger partial charge >= 0.3 is 0 Å². The molecular weight excluding hydrogens is 284 g/mol. The molecule has 1 aliphatic heterocycles. The Morgan fingerprint density at radius 1 is 0.870 bits per heavy atom. The molecule has 0 bridgehead atoms. The van der Waals surface area contributed by atoms with Gasteiger partial charge in [0.05, 0.1) is 6.07 Å². The van der Waals surface area contributed by atoms with Crippen molar-refractivity contribution in [2.24, 2.45) is 0 Å². The molecule has 0 atom stereocenters. The first-order chi connectivity index (χ1) is 11.3. The van der Waals surface area contributed by atoms with Gasteiger partial charge in [-0.1, -0.05) is 60.7 Å². The summed E-state index contributed by atoms with van der Waals surface area (Å²) in [6.45, 7) is 2.88. The summed E-state index contributed by atoms with van der Waals surface area (Å²) >= 11 is 0. The Bertz CT molecular complexity index is 601. The van der Waals surface area contributed by atoms with Crippen LogP contribution in [0.4, 0.5) is 0 Å². The van der Waals surface area contributed by atoms with Gasteiger partial charge in [0.2, 0.25) is 0 Å². The zero-order valence-electron chi connectivity index (χ0n) is 13.3. The fourth-order valence-corrected chi connectivity index (χ4v) is 3.17. The van der Waals surface area contributed by atoms with Crippen molar-refractivity contribution in [3.8, 4) is 6.07 Å². The van der Waals surface area contributed by atoms with Crippen LogP contribution in [0, 0.1) is 11.3 Å². The van der Waals surface area contributed by atoms with E-state index in [2.05, 4.69) is 59.5 Å². The van der Waals surface area contributed by atoms with Crippen molar-refractivity contribution in [1.29, 1.82) is 5.26 Å². The Kier molecular flexibility index (Phi) is 5.07. The molecule has 3 rings (SSSR count). The van der Waals surface area contributed by atoms with E-state index in [9.17, 15) is 5.26 Å². The molecule has 1 aliphatic rings. The summed E-state index contributed by atoms with van der Waals surface area (Å²) in [6, 6.07) is 23.4. The second-order valence-corrected chi connectivity index (χ2v) is 6.08. The van der Waals surface area contributed by atoms with Crippen LogP contribution in [0.3, 0.4) is 0 Å². The van der Waals surface area contributed by atoms with E-state index in [0.29, 0.717) is 13.2 Å². The second-order valence-electron chi connectivity index (χ2n) is 6.08. The van der Waals surface area contributed by atoms with Crippen LogP contribution in [0.2, 0.25) is 0 Å². The molecule has 0 unspecified atom stereocenters. The first kappa shape index (κ1) is 15.7. The molecule has 0 aromatic heterocycles. The monoisotopic (exact) mass is 306 g/mol. The standard InChI is InChI=1S/C20H22N2O/c21-17-20(11-13-23-14-12-20)22(15-18-7-3-1-4-8-18)16-19-9-5-2-6-10-19/h1-10H,11-16H2. The highest BCUT2D eigenvalue weighted by atomic mass is 16.5. The van der Waals surface area contributed by atoms with Crippen LogP contribution in [0.15, 0.2) is 60.7 Å². The third kappa shape index (κ3) is 3.79. The molecule has 0 N–H and O–H groups in total. The van der Waals surface area contributed by atoms with Crippen LogP contribution in [-0.2, 0) is 17.8 Å². The van der Waals surface area contributed by atoms with E-state index in [1.54, 1.807) is 0 Å². The van der Waals surface area contributed by atoms with Crippen molar-refractivity contribution < 1.29 is 4.74 Å². The van der Waals surface area contributed by atoms with Crippen molar-refractivity contribution in [1.82, 2.24) is 4.90 Å². The van der Waals surface area contributed by atoms with Crippen molar-refractivity contribution in [2.45, 2.75) is 31.5 Å². The molecule has 2 aromatic rings. The highest BCUT2D eigenvalue weighted by Gasteiger charge is 2.38. The summed E-state index contributed by atoms with van der Waals surface area (Å²) in [7, 11) is 0. The highest BCUT2D eigenvalue weighted by Crippen LogP contribution is 2.30. The minimum Gasteiger partial charge on any atom is -0.381 e. The first-order valence-corrected chi connectivity index (χ1v) is 8.14. The van der Waals surface area contributed by atoms with Crippen LogP contribution in [-0.4, -0.2) is 23.7 Å². The molecule has 1 saturated heterocycles. The lowest BCUT2D eigenvalue weighted by Crippen LogP contribution is -2.50. The number of hydrogen-bond donors (Lipinski definition) is 0. The van der Waals surface area contributed by atoms with Crippen molar-refractivity contribution >= 4 is 0 Å². The van der Waals surface area contributed by atoms with Gasteiger partial charge in [-0.2, -0.15) is 5.26 Å². The van der Waals surface area contributed by atoms with Gasteiger partial charge in [0.15, 0.2) is 0 Å². The van der Waals surface area contributed by atoms with E-state index in [-0.39, 0.29) is 0 Å². The fraction of sp³-hybridized carbons (Fsp3) is 0.350. The lowest BCUT2D eigenvalue weighted by Gasteiger charge is -2.41. The van der Waals surface area contributed by atoms with E-state index >= 15 is 0 Å². The molecule has 0 amide bonds. The van der Waals surface area contributed by atoms with Gasteiger partial charge in [-0.15, -0.1) is 0 Å². The quantitative estimate of drug-likeness (QED) is 0.844. The largest absolute Gasteiger partial charge is 0.381 e. The Morgan fingerprint density at radius 2 is 1.35 bits per heavy atom. The summed E-state index contributed by atoms with van der Waals surface area (Å²) in [5.41, 5.74) is 2.04. The van der Waals surface area contributed by atoms with Gasteiger partial charge in [0.1, 0.15) is 5.54 Å². The Morgan fingerprint density at radius 3 is 1.78 bits per heavy atom. The van der Waals surface area contributed by atoms with E-state index in [0.717, 1.165) is 25.9 Å². The first-order valence-electron chi connectivity index (χ1n) is 8.14. The van der Waals surface area contributed by atoms with E-state index in [1.807, 2.05) is 12.1 Å². The van der Waals surface area contributed by atoms with Gasteiger partial charge in [0.25, 0.3) is 0 Å². The van der Waals surface area contributed by atoms with Gasteiger partial charge in [0, 0.05) is 39.1 Å². The topological polar surface area (TPSA) is 36.3 Å². The van der Waals surface area contributed by atoms with E-state index in [4.69, 9.17) is 4.74 Å². The maximum Gasteiger partial charge on any atom is 0.114 e. The number of ether oxygens (including phenoxy) is 1. The average Bonchev–Trinajstić information content (AvgIpc) is 2.63. The zero-order chi connectivity index (χ0) is 16.0. The van der Waals surface area contributed by atoms with Crippen LogP contribution in [0.1, 0.15) is 24.0 Å². The van der Waals surface area contributed by atoms with Crippen LogP contribution < -0.4 is 0 Å². The minimum absolute atomic E-state index is 0.441. The molecule has 2 aromatic carbocycles.